The molecule has 2 aromatic rings. The van der Waals surface area contributed by atoms with Gasteiger partial charge in [-0.25, -0.2) is 0 Å². The van der Waals surface area contributed by atoms with E-state index in [2.05, 4.69) is 0 Å². The van der Waals surface area contributed by atoms with Crippen LogP contribution in [0.25, 0.3) is 0 Å². The SMILES string of the molecule is C[C@H]1C(=O)c2cc(O)ccc2O[C@@H]1c1ccccc1. The highest BCUT2D eigenvalue weighted by Crippen LogP contribution is 2.39. The topological polar surface area (TPSA) is 46.5 Å². The Hall–Kier alpha value is -2.29. The molecule has 1 N–H and O–H groups in total. The standard InChI is InChI=1S/C16H14O3/c1-10-15(18)13-9-12(17)7-8-14(13)19-16(10)11-5-3-2-4-6-11/h2-10,16-17H,1H3/t10-,16-/m0/s1. The number of phenols is 1. The maximum atomic E-state index is 12.4. The lowest BCUT2D eigenvalue weighted by Crippen LogP contribution is -2.29. The number of Topliss-reactive ketones (excluding diaryl/α,β-unsaturated/α-hetero) is 1. The number of carbonyl (C=O) groups is 1. The summed E-state index contributed by atoms with van der Waals surface area (Å²) in [6.07, 6.45) is -0.272. The van der Waals surface area contributed by atoms with Crippen molar-refractivity contribution in [1.29, 1.82) is 0 Å². The first kappa shape index (κ1) is 11.8. The van der Waals surface area contributed by atoms with Gasteiger partial charge in [-0.1, -0.05) is 37.3 Å². The minimum absolute atomic E-state index is 0.00556. The van der Waals surface area contributed by atoms with Crippen molar-refractivity contribution in [3.8, 4) is 11.5 Å². The van der Waals surface area contributed by atoms with Crippen molar-refractivity contribution in [1.82, 2.24) is 0 Å². The Morgan fingerprint density at radius 2 is 1.84 bits per heavy atom. The Labute approximate surface area is 111 Å². The van der Waals surface area contributed by atoms with E-state index in [1.807, 2.05) is 37.3 Å². The Kier molecular flexibility index (Phi) is 2.75. The molecule has 0 fully saturated rings. The van der Waals surface area contributed by atoms with E-state index in [0.717, 1.165) is 5.56 Å². The van der Waals surface area contributed by atoms with Gasteiger partial charge >= 0.3 is 0 Å². The minimum Gasteiger partial charge on any atom is -0.508 e. The number of benzene rings is 2. The highest BCUT2D eigenvalue weighted by atomic mass is 16.5. The van der Waals surface area contributed by atoms with Crippen molar-refractivity contribution < 1.29 is 14.6 Å². The molecule has 0 radical (unpaired) electrons. The zero-order chi connectivity index (χ0) is 13.4. The van der Waals surface area contributed by atoms with Gasteiger partial charge < -0.3 is 9.84 Å². The zero-order valence-electron chi connectivity index (χ0n) is 10.5. The molecule has 0 saturated carbocycles. The van der Waals surface area contributed by atoms with E-state index in [1.54, 1.807) is 6.07 Å². The third-order valence-corrected chi connectivity index (χ3v) is 3.48. The molecule has 0 saturated heterocycles. The molecule has 0 unspecified atom stereocenters. The van der Waals surface area contributed by atoms with Gasteiger partial charge in [0.05, 0.1) is 11.5 Å². The van der Waals surface area contributed by atoms with E-state index in [-0.39, 0.29) is 23.6 Å². The van der Waals surface area contributed by atoms with Crippen molar-refractivity contribution in [2.24, 2.45) is 5.92 Å². The molecule has 1 heterocycles. The fraction of sp³-hybridized carbons (Fsp3) is 0.188. The molecule has 0 spiro atoms. The largest absolute Gasteiger partial charge is 0.508 e. The van der Waals surface area contributed by atoms with E-state index in [9.17, 15) is 9.90 Å². The number of phenolic OH excluding ortho intramolecular Hbond substituents is 1. The minimum atomic E-state index is -0.272. The second-order valence-electron chi connectivity index (χ2n) is 4.78. The van der Waals surface area contributed by atoms with E-state index >= 15 is 0 Å². The van der Waals surface area contributed by atoms with E-state index < -0.39 is 0 Å². The quantitative estimate of drug-likeness (QED) is 0.849. The van der Waals surface area contributed by atoms with Gasteiger partial charge in [-0.2, -0.15) is 0 Å². The molecular weight excluding hydrogens is 240 g/mol. The Bertz CT molecular complexity index is 619. The summed E-state index contributed by atoms with van der Waals surface area (Å²) in [6.45, 7) is 1.85. The first-order chi connectivity index (χ1) is 9.16. The predicted molar refractivity (Wildman–Crippen MR) is 71.4 cm³/mol. The maximum Gasteiger partial charge on any atom is 0.173 e. The van der Waals surface area contributed by atoms with Crippen LogP contribution in [0.4, 0.5) is 0 Å². The summed E-state index contributed by atoms with van der Waals surface area (Å²) < 4.78 is 5.92. The van der Waals surface area contributed by atoms with Crippen LogP contribution in [-0.2, 0) is 0 Å². The van der Waals surface area contributed by atoms with Crippen molar-refractivity contribution in [3.63, 3.8) is 0 Å². The molecule has 2 aromatic carbocycles. The summed E-state index contributed by atoms with van der Waals surface area (Å²) in [5.41, 5.74) is 1.45. The van der Waals surface area contributed by atoms with Crippen LogP contribution in [0, 0.1) is 5.92 Å². The van der Waals surface area contributed by atoms with Gasteiger partial charge in [-0.3, -0.25) is 4.79 Å². The van der Waals surface area contributed by atoms with Crippen LogP contribution in [-0.4, -0.2) is 10.9 Å². The summed E-state index contributed by atoms with van der Waals surface area (Å²) in [5.74, 6) is 0.360. The smallest absolute Gasteiger partial charge is 0.173 e. The molecule has 0 amide bonds. The fourth-order valence-corrected chi connectivity index (χ4v) is 2.43. The predicted octanol–water partition coefficient (Wildman–Crippen LogP) is 3.34. The first-order valence-electron chi connectivity index (χ1n) is 6.25. The van der Waals surface area contributed by atoms with Crippen LogP contribution in [0.3, 0.4) is 0 Å². The number of fused-ring (bicyclic) bond motifs is 1. The van der Waals surface area contributed by atoms with Crippen molar-refractivity contribution in [2.45, 2.75) is 13.0 Å². The number of aromatic hydroxyl groups is 1. The van der Waals surface area contributed by atoms with Crippen molar-refractivity contribution in [2.75, 3.05) is 0 Å². The van der Waals surface area contributed by atoms with Crippen LogP contribution in [0.15, 0.2) is 48.5 Å². The van der Waals surface area contributed by atoms with Crippen LogP contribution in [0.2, 0.25) is 0 Å². The number of ketones is 1. The summed E-state index contributed by atoms with van der Waals surface area (Å²) in [6, 6.07) is 14.4. The molecule has 1 aliphatic rings. The molecule has 0 aliphatic carbocycles. The Morgan fingerprint density at radius 3 is 2.58 bits per heavy atom. The van der Waals surface area contributed by atoms with Gasteiger partial charge in [0.25, 0.3) is 0 Å². The monoisotopic (exact) mass is 254 g/mol. The molecule has 2 atom stereocenters. The van der Waals surface area contributed by atoms with Crippen LogP contribution >= 0.6 is 0 Å². The number of hydrogen-bond donors (Lipinski definition) is 1. The zero-order valence-corrected chi connectivity index (χ0v) is 10.5. The highest BCUT2D eigenvalue weighted by molar-refractivity contribution is 6.01. The van der Waals surface area contributed by atoms with E-state index in [0.29, 0.717) is 11.3 Å². The molecule has 0 aromatic heterocycles. The summed E-state index contributed by atoms with van der Waals surface area (Å²) in [5, 5.41) is 9.47. The van der Waals surface area contributed by atoms with E-state index in [4.69, 9.17) is 4.74 Å². The summed E-state index contributed by atoms with van der Waals surface area (Å²) in [4.78, 5) is 12.4. The van der Waals surface area contributed by atoms with Crippen LogP contribution in [0.5, 0.6) is 11.5 Å². The molecule has 3 rings (SSSR count). The average Bonchev–Trinajstić information content (AvgIpc) is 2.44. The first-order valence-corrected chi connectivity index (χ1v) is 6.25. The van der Waals surface area contributed by atoms with Gasteiger partial charge in [0.15, 0.2) is 5.78 Å². The van der Waals surface area contributed by atoms with Gasteiger partial charge in [-0.05, 0) is 23.8 Å². The third-order valence-electron chi connectivity index (χ3n) is 3.48. The maximum absolute atomic E-state index is 12.4. The Morgan fingerprint density at radius 1 is 1.11 bits per heavy atom. The molecule has 96 valence electrons. The summed E-state index contributed by atoms with van der Waals surface area (Å²) >= 11 is 0. The number of carbonyl (C=O) groups excluding carboxylic acids is 1. The molecule has 1 aliphatic heterocycles. The normalized spacial score (nSPS) is 21.6. The molecular formula is C16H14O3. The second kappa shape index (κ2) is 4.43. The lowest BCUT2D eigenvalue weighted by Gasteiger charge is -2.30. The molecule has 3 heteroatoms. The molecule has 3 nitrogen and oxygen atoms in total. The fourth-order valence-electron chi connectivity index (χ4n) is 2.43. The van der Waals surface area contributed by atoms with Crippen molar-refractivity contribution in [3.05, 3.63) is 59.7 Å². The van der Waals surface area contributed by atoms with Gasteiger partial charge in [-0.15, -0.1) is 0 Å². The van der Waals surface area contributed by atoms with Crippen molar-refractivity contribution >= 4 is 5.78 Å². The van der Waals surface area contributed by atoms with Crippen LogP contribution < -0.4 is 4.74 Å². The number of ether oxygens (including phenoxy) is 1. The van der Waals surface area contributed by atoms with Gasteiger partial charge in [0.2, 0.25) is 0 Å². The van der Waals surface area contributed by atoms with Crippen LogP contribution in [0.1, 0.15) is 28.9 Å². The summed E-state index contributed by atoms with van der Waals surface area (Å²) in [7, 11) is 0. The van der Waals surface area contributed by atoms with Gasteiger partial charge in [0, 0.05) is 0 Å². The number of rotatable bonds is 1. The van der Waals surface area contributed by atoms with E-state index in [1.165, 1.54) is 12.1 Å². The lowest BCUT2D eigenvalue weighted by molar-refractivity contribution is 0.0689. The number of hydrogen-bond acceptors (Lipinski definition) is 3. The molecule has 0 bridgehead atoms. The second-order valence-corrected chi connectivity index (χ2v) is 4.78. The average molecular weight is 254 g/mol. The lowest BCUT2D eigenvalue weighted by atomic mass is 9.87. The third kappa shape index (κ3) is 1.97. The molecule has 19 heavy (non-hydrogen) atoms. The Balaban J connectivity index is 2.04. The highest BCUT2D eigenvalue weighted by Gasteiger charge is 2.35. The van der Waals surface area contributed by atoms with Gasteiger partial charge in [0.1, 0.15) is 17.6 Å².